The fourth-order valence-corrected chi connectivity index (χ4v) is 3.51. The van der Waals surface area contributed by atoms with E-state index in [9.17, 15) is 4.79 Å². The van der Waals surface area contributed by atoms with Crippen LogP contribution in [0.25, 0.3) is 0 Å². The summed E-state index contributed by atoms with van der Waals surface area (Å²) in [6.45, 7) is 5.71. The topological polar surface area (TPSA) is 36.0 Å². The van der Waals surface area contributed by atoms with Crippen LogP contribution in [0.3, 0.4) is 0 Å². The summed E-state index contributed by atoms with van der Waals surface area (Å²) in [5.41, 5.74) is 0.599. The Kier molecular flexibility index (Phi) is 4.57. The van der Waals surface area contributed by atoms with Crippen LogP contribution in [0.5, 0.6) is 5.75 Å². The Morgan fingerprint density at radius 2 is 1.95 bits per heavy atom. The monoisotopic (exact) mass is 323 g/mol. The molecule has 1 atom stereocenters. The van der Waals surface area contributed by atoms with Gasteiger partial charge in [0.25, 0.3) is 5.91 Å². The number of fused-ring (bicyclic) bond motifs is 1. The van der Waals surface area contributed by atoms with Gasteiger partial charge in [-0.25, -0.2) is 0 Å². The zero-order valence-electron chi connectivity index (χ0n) is 13.1. The van der Waals surface area contributed by atoms with Gasteiger partial charge >= 0.3 is 0 Å². The van der Waals surface area contributed by atoms with Crippen LogP contribution in [0.2, 0.25) is 5.02 Å². The molecule has 6 heteroatoms. The van der Waals surface area contributed by atoms with Crippen LogP contribution < -0.4 is 4.74 Å². The average molecular weight is 324 g/mol. The predicted molar refractivity (Wildman–Crippen MR) is 86.8 cm³/mol. The molecule has 0 spiro atoms. The Hall–Kier alpha value is -1.30. The summed E-state index contributed by atoms with van der Waals surface area (Å²) in [5.74, 6) is 0.653. The van der Waals surface area contributed by atoms with Crippen molar-refractivity contribution < 1.29 is 9.53 Å². The van der Waals surface area contributed by atoms with Crippen molar-refractivity contribution in [1.82, 2.24) is 14.7 Å². The van der Waals surface area contributed by atoms with E-state index < -0.39 is 0 Å². The van der Waals surface area contributed by atoms with Crippen LogP contribution in [0.1, 0.15) is 10.4 Å². The number of rotatable bonds is 2. The molecule has 1 unspecified atom stereocenters. The second kappa shape index (κ2) is 6.44. The summed E-state index contributed by atoms with van der Waals surface area (Å²) in [6, 6.07) is 5.61. The summed E-state index contributed by atoms with van der Waals surface area (Å²) < 4.78 is 5.20. The van der Waals surface area contributed by atoms with E-state index >= 15 is 0 Å². The number of piperazine rings is 2. The maximum absolute atomic E-state index is 12.8. The molecule has 2 saturated heterocycles. The molecule has 0 aromatic heterocycles. The third-order valence-electron chi connectivity index (χ3n) is 4.54. The highest BCUT2D eigenvalue weighted by Gasteiger charge is 2.33. The number of likely N-dealkylation sites (N-methyl/N-ethyl adjacent to an activating group) is 1. The molecular formula is C16H22ClN3O2. The molecule has 22 heavy (non-hydrogen) atoms. The third kappa shape index (κ3) is 3.21. The van der Waals surface area contributed by atoms with Crippen LogP contribution in [0, 0.1) is 0 Å². The van der Waals surface area contributed by atoms with Gasteiger partial charge < -0.3 is 14.5 Å². The first-order chi connectivity index (χ1) is 10.6. The van der Waals surface area contributed by atoms with E-state index in [1.165, 1.54) is 0 Å². The number of ether oxygens (including phenoxy) is 1. The lowest BCUT2D eigenvalue weighted by Crippen LogP contribution is -2.62. The number of benzene rings is 1. The number of halogens is 1. The largest absolute Gasteiger partial charge is 0.497 e. The highest BCUT2D eigenvalue weighted by atomic mass is 35.5. The molecule has 1 amide bonds. The Bertz CT molecular complexity index is 566. The lowest BCUT2D eigenvalue weighted by atomic mass is 10.1. The average Bonchev–Trinajstić information content (AvgIpc) is 2.52. The number of hydrogen-bond donors (Lipinski definition) is 0. The van der Waals surface area contributed by atoms with Gasteiger partial charge in [0.2, 0.25) is 0 Å². The highest BCUT2D eigenvalue weighted by Crippen LogP contribution is 2.23. The van der Waals surface area contributed by atoms with Crippen LogP contribution in [0.4, 0.5) is 0 Å². The van der Waals surface area contributed by atoms with Crippen molar-refractivity contribution in [3.8, 4) is 5.75 Å². The Labute approximate surface area is 136 Å². The zero-order chi connectivity index (χ0) is 15.7. The van der Waals surface area contributed by atoms with Gasteiger partial charge in [-0.2, -0.15) is 0 Å². The number of methoxy groups -OCH3 is 1. The van der Waals surface area contributed by atoms with Gasteiger partial charge in [0.05, 0.1) is 7.11 Å². The highest BCUT2D eigenvalue weighted by molar-refractivity contribution is 6.31. The number of carbonyl (C=O) groups excluding carboxylic acids is 1. The Balaban J connectivity index is 1.74. The van der Waals surface area contributed by atoms with Crippen LogP contribution >= 0.6 is 11.6 Å². The number of nitrogens with zero attached hydrogens (tertiary/aromatic N) is 3. The van der Waals surface area contributed by atoms with Crippen molar-refractivity contribution in [1.29, 1.82) is 0 Å². The second-order valence-electron chi connectivity index (χ2n) is 6.08. The third-order valence-corrected chi connectivity index (χ3v) is 4.76. The molecule has 1 aromatic rings. The molecule has 120 valence electrons. The van der Waals surface area contributed by atoms with Gasteiger partial charge in [0.15, 0.2) is 0 Å². The quantitative estimate of drug-likeness (QED) is 0.825. The maximum Gasteiger partial charge on any atom is 0.254 e. The molecule has 2 aliphatic rings. The minimum absolute atomic E-state index is 0.0358. The maximum atomic E-state index is 12.8. The fraction of sp³-hybridized carbons (Fsp3) is 0.562. The Morgan fingerprint density at radius 1 is 1.18 bits per heavy atom. The minimum atomic E-state index is 0.0358. The van der Waals surface area contributed by atoms with Crippen molar-refractivity contribution in [3.63, 3.8) is 0 Å². The summed E-state index contributed by atoms with van der Waals surface area (Å²) in [5, 5.41) is 0.527. The number of carbonyl (C=O) groups is 1. The van der Waals surface area contributed by atoms with Gasteiger partial charge in [0, 0.05) is 55.9 Å². The molecule has 0 radical (unpaired) electrons. The molecule has 0 bridgehead atoms. The SMILES string of the molecule is COc1cc(Cl)cc(C(=O)N2CCN3CCN(C)CC3C2)c1. The molecular weight excluding hydrogens is 302 g/mol. The molecule has 0 aliphatic carbocycles. The summed E-state index contributed by atoms with van der Waals surface area (Å²) in [4.78, 5) is 19.5. The van der Waals surface area contributed by atoms with E-state index in [1.807, 2.05) is 4.90 Å². The standard InChI is InChI=1S/C16H22ClN3O2/c1-18-3-4-19-5-6-20(11-14(19)10-18)16(21)12-7-13(17)9-15(8-12)22-2/h7-9,14H,3-6,10-11H2,1-2H3. The van der Waals surface area contributed by atoms with Crippen molar-refractivity contribution in [2.45, 2.75) is 6.04 Å². The fourth-order valence-electron chi connectivity index (χ4n) is 3.28. The Morgan fingerprint density at radius 3 is 2.73 bits per heavy atom. The summed E-state index contributed by atoms with van der Waals surface area (Å²) in [7, 11) is 3.72. The van der Waals surface area contributed by atoms with Crippen molar-refractivity contribution >= 4 is 17.5 Å². The van der Waals surface area contributed by atoms with E-state index in [-0.39, 0.29) is 5.91 Å². The van der Waals surface area contributed by atoms with Gasteiger partial charge in [-0.05, 0) is 25.2 Å². The molecule has 2 fully saturated rings. The molecule has 1 aromatic carbocycles. The van der Waals surface area contributed by atoms with E-state index in [4.69, 9.17) is 16.3 Å². The minimum Gasteiger partial charge on any atom is -0.497 e. The van der Waals surface area contributed by atoms with E-state index in [0.29, 0.717) is 22.4 Å². The van der Waals surface area contributed by atoms with Crippen LogP contribution in [-0.4, -0.2) is 80.1 Å². The molecule has 3 rings (SSSR count). The zero-order valence-corrected chi connectivity index (χ0v) is 13.8. The molecule has 5 nitrogen and oxygen atoms in total. The van der Waals surface area contributed by atoms with Crippen LogP contribution in [0.15, 0.2) is 18.2 Å². The van der Waals surface area contributed by atoms with Crippen LogP contribution in [-0.2, 0) is 0 Å². The van der Waals surface area contributed by atoms with Gasteiger partial charge in [0.1, 0.15) is 5.75 Å². The van der Waals surface area contributed by atoms with E-state index in [2.05, 4.69) is 16.8 Å². The predicted octanol–water partition coefficient (Wildman–Crippen LogP) is 1.42. The lowest BCUT2D eigenvalue weighted by Gasteiger charge is -2.46. The molecule has 2 heterocycles. The second-order valence-corrected chi connectivity index (χ2v) is 6.52. The lowest BCUT2D eigenvalue weighted by molar-refractivity contribution is 0.0190. The van der Waals surface area contributed by atoms with Gasteiger partial charge in [-0.1, -0.05) is 11.6 Å². The smallest absolute Gasteiger partial charge is 0.254 e. The molecule has 2 aliphatic heterocycles. The molecule has 0 N–H and O–H groups in total. The van der Waals surface area contributed by atoms with Crippen molar-refractivity contribution in [2.24, 2.45) is 0 Å². The number of hydrogen-bond acceptors (Lipinski definition) is 4. The first-order valence-corrected chi connectivity index (χ1v) is 8.01. The summed E-state index contributed by atoms with van der Waals surface area (Å²) >= 11 is 6.08. The van der Waals surface area contributed by atoms with Gasteiger partial charge in [-0.3, -0.25) is 9.69 Å². The summed E-state index contributed by atoms with van der Waals surface area (Å²) in [6.07, 6.45) is 0. The first kappa shape index (κ1) is 15.6. The first-order valence-electron chi connectivity index (χ1n) is 7.63. The van der Waals surface area contributed by atoms with Crippen molar-refractivity contribution in [3.05, 3.63) is 28.8 Å². The van der Waals surface area contributed by atoms with E-state index in [1.54, 1.807) is 25.3 Å². The van der Waals surface area contributed by atoms with Crippen molar-refractivity contribution in [2.75, 3.05) is 53.4 Å². The normalized spacial score (nSPS) is 23.2. The van der Waals surface area contributed by atoms with E-state index in [0.717, 1.165) is 39.3 Å². The molecule has 0 saturated carbocycles. The number of amides is 1. The van der Waals surface area contributed by atoms with Gasteiger partial charge in [-0.15, -0.1) is 0 Å².